The van der Waals surface area contributed by atoms with Crippen LogP contribution in [0.3, 0.4) is 0 Å². The van der Waals surface area contributed by atoms with Crippen LogP contribution in [0, 0.1) is 5.92 Å². The van der Waals surface area contributed by atoms with Crippen LogP contribution < -0.4 is 10.1 Å². The lowest BCUT2D eigenvalue weighted by Gasteiger charge is -2.31. The third-order valence-electron chi connectivity index (χ3n) is 5.97. The first-order valence-corrected chi connectivity index (χ1v) is 13.0. The summed E-state index contributed by atoms with van der Waals surface area (Å²) in [5.74, 6) is 1.05. The number of ether oxygens (including phenoxy) is 1. The number of likely N-dealkylation sites (tertiary alicyclic amines) is 1. The summed E-state index contributed by atoms with van der Waals surface area (Å²) in [5.41, 5.74) is 2.14. The Hall–Kier alpha value is -2.71. The first-order valence-electron chi connectivity index (χ1n) is 11.3. The Kier molecular flexibility index (Phi) is 8.12. The maximum Gasteiger partial charge on any atom is 0.223 e. The van der Waals surface area contributed by atoms with E-state index in [4.69, 9.17) is 4.74 Å². The van der Waals surface area contributed by atoms with Crippen LogP contribution in [0.2, 0.25) is 0 Å². The minimum Gasteiger partial charge on any atom is -0.497 e. The van der Waals surface area contributed by atoms with Gasteiger partial charge in [0.1, 0.15) is 10.8 Å². The molecule has 2 aromatic heterocycles. The molecule has 33 heavy (non-hydrogen) atoms. The molecule has 3 aromatic rings. The molecule has 0 unspecified atom stereocenters. The molecule has 174 valence electrons. The van der Waals surface area contributed by atoms with Gasteiger partial charge in [-0.15, -0.1) is 22.7 Å². The Labute approximate surface area is 202 Å². The van der Waals surface area contributed by atoms with Gasteiger partial charge in [0.25, 0.3) is 0 Å². The topological polar surface area (TPSA) is 71.5 Å². The van der Waals surface area contributed by atoms with Crippen molar-refractivity contribution in [2.24, 2.45) is 5.92 Å². The van der Waals surface area contributed by atoms with E-state index in [1.807, 2.05) is 35.2 Å². The van der Waals surface area contributed by atoms with Crippen molar-refractivity contribution >= 4 is 34.5 Å². The second kappa shape index (κ2) is 11.4. The van der Waals surface area contributed by atoms with Crippen molar-refractivity contribution in [2.45, 2.75) is 32.1 Å². The number of thiazole rings is 1. The largest absolute Gasteiger partial charge is 0.497 e. The molecule has 3 heterocycles. The molecule has 1 N–H and O–H groups in total. The summed E-state index contributed by atoms with van der Waals surface area (Å²) in [6.45, 7) is 1.89. The van der Waals surface area contributed by atoms with E-state index in [1.54, 1.807) is 29.8 Å². The van der Waals surface area contributed by atoms with Crippen molar-refractivity contribution in [3.63, 3.8) is 0 Å². The number of carbonyl (C=O) groups is 2. The molecule has 0 aliphatic carbocycles. The van der Waals surface area contributed by atoms with Gasteiger partial charge in [-0.25, -0.2) is 4.98 Å². The SMILES string of the molecule is COc1ccc(CCC(=O)N2CCC(C(=O)NCCc3csc(-c4cccs4)n3)CC2)cc1. The number of rotatable bonds is 9. The highest BCUT2D eigenvalue weighted by Gasteiger charge is 2.27. The molecule has 0 atom stereocenters. The number of nitrogens with zero attached hydrogens (tertiary/aromatic N) is 2. The Morgan fingerprint density at radius 3 is 2.61 bits per heavy atom. The molecule has 2 amide bonds. The lowest BCUT2D eigenvalue weighted by molar-refractivity contribution is -0.135. The minimum absolute atomic E-state index is 0.0206. The number of hydrogen-bond donors (Lipinski definition) is 1. The lowest BCUT2D eigenvalue weighted by atomic mass is 9.95. The maximum absolute atomic E-state index is 12.6. The average molecular weight is 484 g/mol. The summed E-state index contributed by atoms with van der Waals surface area (Å²) < 4.78 is 5.17. The third-order valence-corrected chi connectivity index (χ3v) is 7.90. The highest BCUT2D eigenvalue weighted by atomic mass is 32.1. The van der Waals surface area contributed by atoms with Crippen molar-refractivity contribution in [1.29, 1.82) is 0 Å². The number of methoxy groups -OCH3 is 1. The molecule has 6 nitrogen and oxygen atoms in total. The number of benzene rings is 1. The van der Waals surface area contributed by atoms with Gasteiger partial charge in [0.05, 0.1) is 17.7 Å². The Balaban J connectivity index is 1.14. The standard InChI is InChI=1S/C25H29N3O3S2/c1-31-21-7-4-18(5-8-21)6-9-23(29)28-14-11-19(12-15-28)24(30)26-13-10-20-17-33-25(27-20)22-3-2-16-32-22/h2-5,7-8,16-17,19H,6,9-15H2,1H3,(H,26,30). The summed E-state index contributed by atoms with van der Waals surface area (Å²) in [6.07, 6.45) is 3.38. The summed E-state index contributed by atoms with van der Waals surface area (Å²) in [6, 6.07) is 11.9. The Morgan fingerprint density at radius 1 is 1.12 bits per heavy atom. The second-order valence-corrected chi connectivity index (χ2v) is 9.97. The van der Waals surface area contributed by atoms with Gasteiger partial charge in [-0.05, 0) is 48.4 Å². The van der Waals surface area contributed by atoms with Crippen molar-refractivity contribution in [3.8, 4) is 15.6 Å². The van der Waals surface area contributed by atoms with E-state index in [0.717, 1.165) is 41.3 Å². The highest BCUT2D eigenvalue weighted by molar-refractivity contribution is 7.20. The number of aromatic nitrogens is 1. The second-order valence-electron chi connectivity index (χ2n) is 8.17. The summed E-state index contributed by atoms with van der Waals surface area (Å²) in [5, 5.41) is 8.22. The number of carbonyl (C=O) groups excluding carboxylic acids is 2. The summed E-state index contributed by atoms with van der Waals surface area (Å²) >= 11 is 3.33. The van der Waals surface area contributed by atoms with Gasteiger partial charge in [0.15, 0.2) is 0 Å². The van der Waals surface area contributed by atoms with Gasteiger partial charge < -0.3 is 15.0 Å². The Morgan fingerprint density at radius 2 is 1.91 bits per heavy atom. The van der Waals surface area contributed by atoms with Crippen molar-refractivity contribution in [3.05, 3.63) is 58.4 Å². The molecular weight excluding hydrogens is 454 g/mol. The monoisotopic (exact) mass is 483 g/mol. The molecule has 8 heteroatoms. The van der Waals surface area contributed by atoms with Crippen LogP contribution in [0.4, 0.5) is 0 Å². The molecule has 4 rings (SSSR count). The normalized spacial score (nSPS) is 14.3. The smallest absolute Gasteiger partial charge is 0.223 e. The molecule has 0 radical (unpaired) electrons. The van der Waals surface area contributed by atoms with Gasteiger partial charge in [-0.3, -0.25) is 9.59 Å². The van der Waals surface area contributed by atoms with Crippen molar-refractivity contribution in [2.75, 3.05) is 26.7 Å². The van der Waals surface area contributed by atoms with E-state index in [-0.39, 0.29) is 17.7 Å². The summed E-state index contributed by atoms with van der Waals surface area (Å²) in [4.78, 5) is 32.9. The van der Waals surface area contributed by atoms with E-state index in [2.05, 4.69) is 27.1 Å². The fraction of sp³-hybridized carbons (Fsp3) is 0.400. The van der Waals surface area contributed by atoms with Crippen LogP contribution in [0.1, 0.15) is 30.5 Å². The van der Waals surface area contributed by atoms with E-state index < -0.39 is 0 Å². The number of thiophene rings is 1. The van der Waals surface area contributed by atoms with Gasteiger partial charge >= 0.3 is 0 Å². The third kappa shape index (κ3) is 6.42. The average Bonchev–Trinajstić information content (AvgIpc) is 3.55. The molecule has 0 bridgehead atoms. The number of piperidine rings is 1. The zero-order valence-electron chi connectivity index (χ0n) is 18.8. The van der Waals surface area contributed by atoms with Crippen molar-refractivity contribution in [1.82, 2.24) is 15.2 Å². The van der Waals surface area contributed by atoms with Crippen LogP contribution in [0.5, 0.6) is 5.75 Å². The lowest BCUT2D eigenvalue weighted by Crippen LogP contribution is -2.43. The zero-order valence-corrected chi connectivity index (χ0v) is 20.4. The van der Waals surface area contributed by atoms with E-state index in [0.29, 0.717) is 32.5 Å². The van der Waals surface area contributed by atoms with Crippen LogP contribution in [-0.2, 0) is 22.4 Å². The minimum atomic E-state index is -0.0206. The van der Waals surface area contributed by atoms with Gasteiger partial charge in [0, 0.05) is 43.8 Å². The Bertz CT molecular complexity index is 1040. The molecular formula is C25H29N3O3S2. The highest BCUT2D eigenvalue weighted by Crippen LogP contribution is 2.28. The fourth-order valence-electron chi connectivity index (χ4n) is 3.99. The number of amides is 2. The van der Waals surface area contributed by atoms with Crippen LogP contribution in [0.25, 0.3) is 9.88 Å². The van der Waals surface area contributed by atoms with Gasteiger partial charge in [-0.2, -0.15) is 0 Å². The first kappa shape index (κ1) is 23.4. The maximum atomic E-state index is 12.6. The zero-order chi connectivity index (χ0) is 23.0. The number of aryl methyl sites for hydroxylation is 1. The predicted molar refractivity (Wildman–Crippen MR) is 133 cm³/mol. The molecule has 0 saturated carbocycles. The predicted octanol–water partition coefficient (Wildman–Crippen LogP) is 4.41. The molecule has 1 aromatic carbocycles. The van der Waals surface area contributed by atoms with Crippen LogP contribution in [-0.4, -0.2) is 48.4 Å². The van der Waals surface area contributed by atoms with Crippen molar-refractivity contribution < 1.29 is 14.3 Å². The molecule has 1 aliphatic rings. The number of hydrogen-bond acceptors (Lipinski definition) is 6. The van der Waals surface area contributed by atoms with Crippen LogP contribution in [0.15, 0.2) is 47.2 Å². The van der Waals surface area contributed by atoms with E-state index >= 15 is 0 Å². The molecule has 1 saturated heterocycles. The molecule has 1 aliphatic heterocycles. The van der Waals surface area contributed by atoms with Crippen LogP contribution >= 0.6 is 22.7 Å². The van der Waals surface area contributed by atoms with E-state index in [9.17, 15) is 9.59 Å². The fourth-order valence-corrected chi connectivity index (χ4v) is 5.65. The first-order chi connectivity index (χ1) is 16.1. The van der Waals surface area contributed by atoms with Gasteiger partial charge in [-0.1, -0.05) is 18.2 Å². The van der Waals surface area contributed by atoms with E-state index in [1.165, 1.54) is 4.88 Å². The quantitative estimate of drug-likeness (QED) is 0.489. The number of nitrogens with one attached hydrogen (secondary N) is 1. The molecule has 1 fully saturated rings. The summed E-state index contributed by atoms with van der Waals surface area (Å²) in [7, 11) is 1.64. The van der Waals surface area contributed by atoms with Gasteiger partial charge in [0.2, 0.25) is 11.8 Å². The molecule has 0 spiro atoms.